The molecule has 0 atom stereocenters. The molecule has 5 nitrogen and oxygen atoms in total. The zero-order valence-electron chi connectivity index (χ0n) is 15.0. The fourth-order valence-electron chi connectivity index (χ4n) is 3.73. The highest BCUT2D eigenvalue weighted by Gasteiger charge is 2.25. The van der Waals surface area contributed by atoms with Gasteiger partial charge in [-0.3, -0.25) is 4.79 Å². The molecule has 0 aliphatic carbocycles. The molecule has 0 saturated carbocycles. The van der Waals surface area contributed by atoms with Crippen LogP contribution in [-0.4, -0.2) is 35.5 Å². The summed E-state index contributed by atoms with van der Waals surface area (Å²) in [5, 5.41) is 10.1. The van der Waals surface area contributed by atoms with E-state index in [1.165, 1.54) is 16.5 Å². The van der Waals surface area contributed by atoms with Gasteiger partial charge in [0.25, 0.3) is 5.91 Å². The number of aromatic amines is 1. The first-order valence-corrected chi connectivity index (χ1v) is 9.21. The van der Waals surface area contributed by atoms with Gasteiger partial charge in [0.1, 0.15) is 5.75 Å². The third-order valence-corrected chi connectivity index (χ3v) is 5.25. The number of nitriles is 1. The van der Waals surface area contributed by atoms with Gasteiger partial charge in [-0.25, -0.2) is 0 Å². The smallest absolute Gasteiger partial charge is 0.260 e. The zero-order chi connectivity index (χ0) is 18.6. The van der Waals surface area contributed by atoms with Gasteiger partial charge in [-0.1, -0.05) is 18.2 Å². The minimum absolute atomic E-state index is 0.0109. The zero-order valence-corrected chi connectivity index (χ0v) is 15.0. The Morgan fingerprint density at radius 3 is 2.63 bits per heavy atom. The van der Waals surface area contributed by atoms with Crippen molar-refractivity contribution in [3.05, 3.63) is 65.9 Å². The number of benzene rings is 2. The van der Waals surface area contributed by atoms with Gasteiger partial charge in [0, 0.05) is 30.2 Å². The molecule has 5 heteroatoms. The number of hydrogen-bond donors (Lipinski definition) is 1. The number of carbonyl (C=O) groups excluding carboxylic acids is 1. The van der Waals surface area contributed by atoms with Crippen LogP contribution in [0.1, 0.15) is 29.9 Å². The number of carbonyl (C=O) groups is 1. The summed E-state index contributed by atoms with van der Waals surface area (Å²) in [6.45, 7) is 1.53. The fourth-order valence-corrected chi connectivity index (χ4v) is 3.73. The molecule has 136 valence electrons. The van der Waals surface area contributed by atoms with Crippen LogP contribution in [0.15, 0.2) is 54.7 Å². The molecule has 0 bridgehead atoms. The molecule has 1 fully saturated rings. The Morgan fingerprint density at radius 1 is 1.15 bits per heavy atom. The first kappa shape index (κ1) is 17.2. The maximum atomic E-state index is 12.4. The van der Waals surface area contributed by atoms with E-state index in [-0.39, 0.29) is 12.5 Å². The number of likely N-dealkylation sites (tertiary alicyclic amines) is 1. The van der Waals surface area contributed by atoms with Crippen molar-refractivity contribution in [1.29, 1.82) is 5.26 Å². The lowest BCUT2D eigenvalue weighted by atomic mass is 9.89. The van der Waals surface area contributed by atoms with Crippen molar-refractivity contribution < 1.29 is 9.53 Å². The molecular weight excluding hydrogens is 338 g/mol. The van der Waals surface area contributed by atoms with E-state index in [0.717, 1.165) is 25.9 Å². The number of rotatable bonds is 4. The Balaban J connectivity index is 1.32. The summed E-state index contributed by atoms with van der Waals surface area (Å²) < 4.78 is 5.57. The highest BCUT2D eigenvalue weighted by Crippen LogP contribution is 2.33. The molecular formula is C22H21N3O2. The molecule has 2 aromatic carbocycles. The topological polar surface area (TPSA) is 69.1 Å². The number of para-hydroxylation sites is 1. The number of H-pyrrole nitrogens is 1. The Labute approximate surface area is 158 Å². The van der Waals surface area contributed by atoms with E-state index >= 15 is 0 Å². The summed E-state index contributed by atoms with van der Waals surface area (Å²) in [7, 11) is 0. The van der Waals surface area contributed by atoms with E-state index in [9.17, 15) is 4.79 Å². The normalized spacial score (nSPS) is 14.9. The van der Waals surface area contributed by atoms with Crippen LogP contribution >= 0.6 is 0 Å². The van der Waals surface area contributed by atoms with Gasteiger partial charge in [-0.2, -0.15) is 5.26 Å². The van der Waals surface area contributed by atoms with Crippen molar-refractivity contribution in [3.63, 3.8) is 0 Å². The second kappa shape index (κ2) is 7.55. The maximum absolute atomic E-state index is 12.4. The van der Waals surface area contributed by atoms with Crippen LogP contribution < -0.4 is 4.74 Å². The van der Waals surface area contributed by atoms with E-state index in [2.05, 4.69) is 35.4 Å². The van der Waals surface area contributed by atoms with E-state index in [1.807, 2.05) is 11.0 Å². The number of piperidine rings is 1. The van der Waals surface area contributed by atoms with E-state index < -0.39 is 0 Å². The average Bonchev–Trinajstić information content (AvgIpc) is 3.16. The summed E-state index contributed by atoms with van der Waals surface area (Å²) in [5.74, 6) is 1.09. The van der Waals surface area contributed by atoms with Crippen LogP contribution in [0, 0.1) is 11.3 Å². The van der Waals surface area contributed by atoms with Crippen LogP contribution in [0.25, 0.3) is 10.9 Å². The SMILES string of the molecule is N#Cc1ccc(OCC(=O)N2CCC(c3c[nH]c4ccccc34)CC2)cc1. The number of aromatic nitrogens is 1. The quantitative estimate of drug-likeness (QED) is 0.770. The summed E-state index contributed by atoms with van der Waals surface area (Å²) in [6, 6.07) is 17.2. The molecule has 1 N–H and O–H groups in total. The Bertz CT molecular complexity index is 977. The number of ether oxygens (including phenoxy) is 1. The van der Waals surface area contributed by atoms with Gasteiger partial charge in [0.15, 0.2) is 6.61 Å². The monoisotopic (exact) mass is 359 g/mol. The maximum Gasteiger partial charge on any atom is 0.260 e. The minimum Gasteiger partial charge on any atom is -0.484 e. The lowest BCUT2D eigenvalue weighted by molar-refractivity contribution is -0.134. The van der Waals surface area contributed by atoms with Crippen LogP contribution in [0.2, 0.25) is 0 Å². The van der Waals surface area contributed by atoms with E-state index in [4.69, 9.17) is 10.00 Å². The molecule has 1 amide bonds. The minimum atomic E-state index is 0.0109. The van der Waals surface area contributed by atoms with Gasteiger partial charge < -0.3 is 14.6 Å². The highest BCUT2D eigenvalue weighted by atomic mass is 16.5. The van der Waals surface area contributed by atoms with Crippen molar-refractivity contribution in [2.24, 2.45) is 0 Å². The lowest BCUT2D eigenvalue weighted by Crippen LogP contribution is -2.40. The van der Waals surface area contributed by atoms with E-state index in [0.29, 0.717) is 17.2 Å². The highest BCUT2D eigenvalue weighted by molar-refractivity contribution is 5.83. The third kappa shape index (κ3) is 3.65. The fraction of sp³-hybridized carbons (Fsp3) is 0.273. The van der Waals surface area contributed by atoms with Crippen LogP contribution in [0.4, 0.5) is 0 Å². The van der Waals surface area contributed by atoms with E-state index in [1.54, 1.807) is 24.3 Å². The molecule has 0 unspecified atom stereocenters. The lowest BCUT2D eigenvalue weighted by Gasteiger charge is -2.32. The summed E-state index contributed by atoms with van der Waals surface area (Å²) in [5.41, 5.74) is 3.10. The molecule has 3 aromatic rings. The molecule has 0 radical (unpaired) electrons. The Kier molecular flexibility index (Phi) is 4.80. The molecule has 1 aliphatic rings. The average molecular weight is 359 g/mol. The Morgan fingerprint density at radius 2 is 1.89 bits per heavy atom. The number of nitrogens with one attached hydrogen (secondary N) is 1. The van der Waals surface area contributed by atoms with Crippen LogP contribution in [0.3, 0.4) is 0 Å². The van der Waals surface area contributed by atoms with Crippen molar-refractivity contribution in [2.45, 2.75) is 18.8 Å². The number of amides is 1. The van der Waals surface area contributed by atoms with Crippen molar-refractivity contribution in [3.8, 4) is 11.8 Å². The Hall–Kier alpha value is -3.26. The first-order chi connectivity index (χ1) is 13.2. The molecule has 4 rings (SSSR count). The summed E-state index contributed by atoms with van der Waals surface area (Å²) in [4.78, 5) is 17.7. The second-order valence-electron chi connectivity index (χ2n) is 6.87. The van der Waals surface area contributed by atoms with Crippen LogP contribution in [0.5, 0.6) is 5.75 Å². The van der Waals surface area contributed by atoms with Gasteiger partial charge in [0.2, 0.25) is 0 Å². The third-order valence-electron chi connectivity index (χ3n) is 5.25. The standard InChI is InChI=1S/C22H21N3O2/c23-13-16-5-7-18(8-6-16)27-15-22(26)25-11-9-17(10-12-25)20-14-24-21-4-2-1-3-19(20)21/h1-8,14,17,24H,9-12,15H2. The van der Waals surface area contributed by atoms with Gasteiger partial charge >= 0.3 is 0 Å². The van der Waals surface area contributed by atoms with Crippen molar-refractivity contribution >= 4 is 16.8 Å². The first-order valence-electron chi connectivity index (χ1n) is 9.21. The molecule has 1 aromatic heterocycles. The molecule has 1 saturated heterocycles. The number of hydrogen-bond acceptors (Lipinski definition) is 3. The van der Waals surface area contributed by atoms with Crippen molar-refractivity contribution in [1.82, 2.24) is 9.88 Å². The molecule has 1 aliphatic heterocycles. The van der Waals surface area contributed by atoms with Gasteiger partial charge in [-0.05, 0) is 54.7 Å². The van der Waals surface area contributed by atoms with Gasteiger partial charge in [-0.15, -0.1) is 0 Å². The largest absolute Gasteiger partial charge is 0.484 e. The summed E-state index contributed by atoms with van der Waals surface area (Å²) >= 11 is 0. The number of fused-ring (bicyclic) bond motifs is 1. The second-order valence-corrected chi connectivity index (χ2v) is 6.87. The van der Waals surface area contributed by atoms with Crippen LogP contribution in [-0.2, 0) is 4.79 Å². The summed E-state index contributed by atoms with van der Waals surface area (Å²) in [6.07, 6.45) is 4.04. The predicted octanol–water partition coefficient (Wildman–Crippen LogP) is 3.82. The molecule has 0 spiro atoms. The molecule has 2 heterocycles. The van der Waals surface area contributed by atoms with Crippen molar-refractivity contribution in [2.75, 3.05) is 19.7 Å². The molecule has 27 heavy (non-hydrogen) atoms. The number of nitrogens with zero attached hydrogens (tertiary/aromatic N) is 2. The predicted molar refractivity (Wildman–Crippen MR) is 104 cm³/mol. The van der Waals surface area contributed by atoms with Gasteiger partial charge in [0.05, 0.1) is 11.6 Å².